The van der Waals surface area contributed by atoms with Gasteiger partial charge in [-0.05, 0) is 25.2 Å². The van der Waals surface area contributed by atoms with Crippen molar-refractivity contribution in [1.82, 2.24) is 4.90 Å². The lowest BCUT2D eigenvalue weighted by atomic mass is 9.92. The Labute approximate surface area is 108 Å². The molecule has 0 N–H and O–H groups in total. The number of piperidine rings is 1. The zero-order valence-electron chi connectivity index (χ0n) is 10.9. The Bertz CT molecular complexity index is 330. The van der Waals surface area contributed by atoms with E-state index in [1.807, 2.05) is 11.8 Å². The third-order valence-electron chi connectivity index (χ3n) is 3.32. The van der Waals surface area contributed by atoms with Crippen molar-refractivity contribution in [3.8, 4) is 0 Å². The summed E-state index contributed by atoms with van der Waals surface area (Å²) in [6.07, 6.45) is 1.23. The summed E-state index contributed by atoms with van der Waals surface area (Å²) in [5.74, 6) is 3.08. The van der Waals surface area contributed by atoms with Crippen LogP contribution in [0.15, 0.2) is 10.7 Å². The number of carbonyl (C=O) groups is 1. The van der Waals surface area contributed by atoms with Crippen LogP contribution >= 0.6 is 11.8 Å². The smallest absolute Gasteiger partial charge is 0.263 e. The molecule has 0 aromatic carbocycles. The van der Waals surface area contributed by atoms with E-state index in [-0.39, 0.29) is 5.91 Å². The van der Waals surface area contributed by atoms with Crippen molar-refractivity contribution in [3.05, 3.63) is 10.7 Å². The maximum atomic E-state index is 12.4. The van der Waals surface area contributed by atoms with Gasteiger partial charge in [-0.1, -0.05) is 13.8 Å². The zero-order chi connectivity index (χ0) is 12.4. The number of thioether (sulfide) groups is 1. The van der Waals surface area contributed by atoms with Crippen LogP contribution < -0.4 is 0 Å². The van der Waals surface area contributed by atoms with Crippen molar-refractivity contribution >= 4 is 17.7 Å². The van der Waals surface area contributed by atoms with E-state index in [4.69, 9.17) is 4.74 Å². The van der Waals surface area contributed by atoms with Crippen molar-refractivity contribution in [2.24, 2.45) is 11.8 Å². The maximum Gasteiger partial charge on any atom is 0.263 e. The van der Waals surface area contributed by atoms with Crippen LogP contribution in [0.5, 0.6) is 0 Å². The van der Waals surface area contributed by atoms with Gasteiger partial charge in [0, 0.05) is 18.8 Å². The highest BCUT2D eigenvalue weighted by molar-refractivity contribution is 8.04. The second-order valence-electron chi connectivity index (χ2n) is 5.24. The Kier molecular flexibility index (Phi) is 4.02. The van der Waals surface area contributed by atoms with Crippen molar-refractivity contribution in [2.75, 3.05) is 25.4 Å². The van der Waals surface area contributed by atoms with Crippen LogP contribution in [0.3, 0.4) is 0 Å². The first-order chi connectivity index (χ1) is 8.08. The van der Waals surface area contributed by atoms with Crippen LogP contribution in [0.1, 0.15) is 27.2 Å². The summed E-state index contributed by atoms with van der Waals surface area (Å²) in [6, 6.07) is 0. The summed E-state index contributed by atoms with van der Waals surface area (Å²) >= 11 is 1.64. The van der Waals surface area contributed by atoms with Gasteiger partial charge in [0.2, 0.25) is 0 Å². The molecule has 0 spiro atoms. The lowest BCUT2D eigenvalue weighted by Crippen LogP contribution is -2.43. The molecule has 2 aliphatic heterocycles. The number of carbonyl (C=O) groups excluding carboxylic acids is 1. The molecule has 1 amide bonds. The number of rotatable bonds is 1. The highest BCUT2D eigenvalue weighted by Gasteiger charge is 2.29. The summed E-state index contributed by atoms with van der Waals surface area (Å²) in [7, 11) is 0. The fraction of sp³-hybridized carbons (Fsp3) is 0.769. The molecule has 0 unspecified atom stereocenters. The normalized spacial score (nSPS) is 30.2. The average molecular weight is 255 g/mol. The zero-order valence-corrected chi connectivity index (χ0v) is 11.7. The van der Waals surface area contributed by atoms with Gasteiger partial charge >= 0.3 is 0 Å². The first-order valence-corrected chi connectivity index (χ1v) is 7.32. The summed E-state index contributed by atoms with van der Waals surface area (Å²) in [5.41, 5.74) is 0. The van der Waals surface area contributed by atoms with Gasteiger partial charge in [0.25, 0.3) is 5.91 Å². The molecule has 0 aliphatic carbocycles. The summed E-state index contributed by atoms with van der Waals surface area (Å²) in [6.45, 7) is 8.85. The topological polar surface area (TPSA) is 29.5 Å². The number of hydrogen-bond acceptors (Lipinski definition) is 3. The number of likely N-dealkylation sites (tertiary alicyclic amines) is 1. The Hall–Kier alpha value is -0.640. The van der Waals surface area contributed by atoms with E-state index < -0.39 is 0 Å². The van der Waals surface area contributed by atoms with Crippen LogP contribution in [-0.4, -0.2) is 36.3 Å². The molecule has 0 radical (unpaired) electrons. The molecule has 1 saturated heterocycles. The fourth-order valence-corrected chi connectivity index (χ4v) is 3.58. The number of hydrogen-bond donors (Lipinski definition) is 0. The van der Waals surface area contributed by atoms with Gasteiger partial charge in [0.05, 0.1) is 6.61 Å². The summed E-state index contributed by atoms with van der Waals surface area (Å²) in [5, 5.41) is 0. The molecule has 96 valence electrons. The Morgan fingerprint density at radius 2 is 2.00 bits per heavy atom. The molecule has 2 aliphatic rings. The number of ether oxygens (including phenoxy) is 1. The number of amides is 1. The minimum atomic E-state index is 0.172. The summed E-state index contributed by atoms with van der Waals surface area (Å²) in [4.78, 5) is 15.2. The number of allylic oxidation sites excluding steroid dienone is 1. The third-order valence-corrected chi connectivity index (χ3v) is 4.44. The minimum absolute atomic E-state index is 0.172. The van der Waals surface area contributed by atoms with E-state index in [2.05, 4.69) is 13.8 Å². The largest absolute Gasteiger partial charge is 0.496 e. The first kappa shape index (κ1) is 12.8. The molecule has 4 heteroatoms. The lowest BCUT2D eigenvalue weighted by Gasteiger charge is -2.36. The predicted molar refractivity (Wildman–Crippen MR) is 70.6 cm³/mol. The molecule has 17 heavy (non-hydrogen) atoms. The molecule has 0 aromatic heterocycles. The van der Waals surface area contributed by atoms with Crippen LogP contribution in [-0.2, 0) is 9.53 Å². The van der Waals surface area contributed by atoms with Gasteiger partial charge < -0.3 is 9.64 Å². The Morgan fingerprint density at radius 3 is 2.59 bits per heavy atom. The van der Waals surface area contributed by atoms with Crippen LogP contribution in [0.2, 0.25) is 0 Å². The predicted octanol–water partition coefficient (Wildman–Crippen LogP) is 2.49. The van der Waals surface area contributed by atoms with Crippen molar-refractivity contribution in [2.45, 2.75) is 27.2 Å². The van der Waals surface area contributed by atoms with Gasteiger partial charge in [-0.3, -0.25) is 4.79 Å². The molecule has 0 saturated carbocycles. The van der Waals surface area contributed by atoms with E-state index >= 15 is 0 Å². The molecule has 0 bridgehead atoms. The van der Waals surface area contributed by atoms with Crippen molar-refractivity contribution in [3.63, 3.8) is 0 Å². The van der Waals surface area contributed by atoms with Crippen molar-refractivity contribution in [1.29, 1.82) is 0 Å². The van der Waals surface area contributed by atoms with Gasteiger partial charge in [-0.2, -0.15) is 0 Å². The van der Waals surface area contributed by atoms with Crippen LogP contribution in [0.4, 0.5) is 0 Å². The third kappa shape index (κ3) is 2.97. The van der Waals surface area contributed by atoms with Crippen LogP contribution in [0.25, 0.3) is 0 Å². The highest BCUT2D eigenvalue weighted by atomic mass is 32.2. The molecule has 2 atom stereocenters. The molecule has 3 nitrogen and oxygen atoms in total. The standard InChI is InChI=1S/C13H21NO2S/c1-9-6-10(2)8-14(7-9)13(15)12-11(3)16-4-5-17-12/h9-10H,4-8H2,1-3H3/t9-,10-/m0/s1. The van der Waals surface area contributed by atoms with Crippen molar-refractivity contribution < 1.29 is 9.53 Å². The van der Waals surface area contributed by atoms with E-state index in [0.29, 0.717) is 11.8 Å². The van der Waals surface area contributed by atoms with Gasteiger partial charge in [-0.25, -0.2) is 0 Å². The van der Waals surface area contributed by atoms with Gasteiger partial charge in [0.1, 0.15) is 10.7 Å². The van der Waals surface area contributed by atoms with E-state index in [1.54, 1.807) is 11.8 Å². The lowest BCUT2D eigenvalue weighted by molar-refractivity contribution is -0.129. The number of nitrogens with zero attached hydrogens (tertiary/aromatic N) is 1. The molecule has 2 rings (SSSR count). The second kappa shape index (κ2) is 5.34. The average Bonchev–Trinajstić information content (AvgIpc) is 2.27. The molecule has 2 heterocycles. The second-order valence-corrected chi connectivity index (χ2v) is 6.34. The van der Waals surface area contributed by atoms with Crippen LogP contribution in [0, 0.1) is 11.8 Å². The van der Waals surface area contributed by atoms with E-state index in [9.17, 15) is 4.79 Å². The van der Waals surface area contributed by atoms with E-state index in [0.717, 1.165) is 36.1 Å². The Balaban J connectivity index is 2.09. The maximum absolute atomic E-state index is 12.4. The molecular formula is C13H21NO2S. The minimum Gasteiger partial charge on any atom is -0.496 e. The first-order valence-electron chi connectivity index (χ1n) is 6.33. The highest BCUT2D eigenvalue weighted by Crippen LogP contribution is 2.30. The fourth-order valence-electron chi connectivity index (χ4n) is 2.69. The van der Waals surface area contributed by atoms with E-state index in [1.165, 1.54) is 6.42 Å². The molecule has 0 aromatic rings. The monoisotopic (exact) mass is 255 g/mol. The van der Waals surface area contributed by atoms with Gasteiger partial charge in [-0.15, -0.1) is 11.8 Å². The SMILES string of the molecule is CC1=C(C(=O)N2C[C@@H](C)C[C@H](C)C2)SCCO1. The molecular weight excluding hydrogens is 234 g/mol. The summed E-state index contributed by atoms with van der Waals surface area (Å²) < 4.78 is 5.47. The van der Waals surface area contributed by atoms with Gasteiger partial charge in [0.15, 0.2) is 0 Å². The Morgan fingerprint density at radius 1 is 1.35 bits per heavy atom. The molecule has 1 fully saturated rings. The quantitative estimate of drug-likeness (QED) is 0.721.